The summed E-state index contributed by atoms with van der Waals surface area (Å²) in [5.74, 6) is -1.22. The Bertz CT molecular complexity index is 672. The number of aliphatic imine (C=N–C) groups is 1. The number of rotatable bonds is 6. The maximum atomic E-state index is 12.7. The second kappa shape index (κ2) is 8.21. The molecule has 1 heterocycles. The fourth-order valence-electron chi connectivity index (χ4n) is 2.49. The van der Waals surface area contributed by atoms with E-state index in [4.69, 9.17) is 5.73 Å². The van der Waals surface area contributed by atoms with Crippen LogP contribution in [0.1, 0.15) is 28.8 Å². The molecule has 3 amide bonds. The lowest BCUT2D eigenvalue weighted by molar-refractivity contribution is -0.134. The summed E-state index contributed by atoms with van der Waals surface area (Å²) in [6, 6.07) is 4.60. The molecule has 1 aromatic rings. The van der Waals surface area contributed by atoms with Gasteiger partial charge in [0.25, 0.3) is 5.91 Å². The molecule has 1 fully saturated rings. The van der Waals surface area contributed by atoms with Crippen LogP contribution in [0.3, 0.4) is 0 Å². The molecule has 1 saturated heterocycles. The van der Waals surface area contributed by atoms with Crippen molar-refractivity contribution in [3.63, 3.8) is 0 Å². The molecule has 1 aliphatic heterocycles. The lowest BCUT2D eigenvalue weighted by atomic mass is 10.0. The van der Waals surface area contributed by atoms with Gasteiger partial charge < -0.3 is 16.4 Å². The second-order valence-corrected chi connectivity index (χ2v) is 5.35. The van der Waals surface area contributed by atoms with Gasteiger partial charge >= 0.3 is 0 Å². The van der Waals surface area contributed by atoms with Gasteiger partial charge in [-0.25, -0.2) is 0 Å². The number of amides is 3. The van der Waals surface area contributed by atoms with Crippen molar-refractivity contribution < 1.29 is 14.4 Å². The largest absolute Gasteiger partial charge is 0.383 e. The van der Waals surface area contributed by atoms with Crippen LogP contribution in [0.5, 0.6) is 0 Å². The number of nitrogens with two attached hydrogens (primary N) is 1. The van der Waals surface area contributed by atoms with Crippen LogP contribution < -0.4 is 21.7 Å². The topological polar surface area (TPSA) is 126 Å². The number of benzene rings is 1. The van der Waals surface area contributed by atoms with Crippen LogP contribution in [0, 0.1) is 0 Å². The number of carbonyl (C=O) groups excluding carboxylic acids is 3. The van der Waals surface area contributed by atoms with E-state index in [1.807, 2.05) is 0 Å². The first-order valence-electron chi connectivity index (χ1n) is 7.70. The molecule has 2 rings (SSSR count). The Morgan fingerprint density at radius 3 is 2.92 bits per heavy atom. The van der Waals surface area contributed by atoms with Crippen LogP contribution >= 0.6 is 0 Å². The van der Waals surface area contributed by atoms with E-state index in [0.717, 1.165) is 0 Å². The van der Waals surface area contributed by atoms with Gasteiger partial charge in [0.2, 0.25) is 11.8 Å². The van der Waals surface area contributed by atoms with Crippen molar-refractivity contribution in [3.8, 4) is 0 Å². The number of imide groups is 1. The molecule has 0 radical (unpaired) electrons. The van der Waals surface area contributed by atoms with Crippen LogP contribution in [-0.4, -0.2) is 50.1 Å². The summed E-state index contributed by atoms with van der Waals surface area (Å²) in [5, 5.41) is 8.00. The standard InChI is InChI=1S/C16H21N5O3/c1-18-9-10-3-2-4-11(19-8-7-17)14(10)16(24)20-12-5-6-13(22)21-15(12)23/h2-4,9,12,19H,5-8,17H2,1H3,(H,20,24)(H,21,22,23)/b18-9+. The van der Waals surface area contributed by atoms with E-state index in [-0.39, 0.29) is 18.7 Å². The zero-order valence-electron chi connectivity index (χ0n) is 13.5. The lowest BCUT2D eigenvalue weighted by Crippen LogP contribution is -2.52. The fraction of sp³-hybridized carbons (Fsp3) is 0.375. The molecule has 0 bridgehead atoms. The summed E-state index contributed by atoms with van der Waals surface area (Å²) < 4.78 is 0. The van der Waals surface area contributed by atoms with Crippen LogP contribution in [0.2, 0.25) is 0 Å². The van der Waals surface area contributed by atoms with Crippen molar-refractivity contribution in [2.45, 2.75) is 18.9 Å². The molecular formula is C16H21N5O3. The minimum Gasteiger partial charge on any atom is -0.383 e. The number of nitrogens with zero attached hydrogens (tertiary/aromatic N) is 1. The highest BCUT2D eigenvalue weighted by Crippen LogP contribution is 2.20. The average molecular weight is 331 g/mol. The van der Waals surface area contributed by atoms with E-state index in [2.05, 4.69) is 20.9 Å². The first-order valence-corrected chi connectivity index (χ1v) is 7.70. The van der Waals surface area contributed by atoms with Crippen LogP contribution in [0.15, 0.2) is 23.2 Å². The highest BCUT2D eigenvalue weighted by atomic mass is 16.2. The number of piperidine rings is 1. The third-order valence-corrected chi connectivity index (χ3v) is 3.60. The zero-order valence-corrected chi connectivity index (χ0v) is 13.5. The summed E-state index contributed by atoms with van der Waals surface area (Å²) >= 11 is 0. The van der Waals surface area contributed by atoms with Gasteiger partial charge in [-0.3, -0.25) is 24.7 Å². The maximum Gasteiger partial charge on any atom is 0.254 e. The number of nitrogens with one attached hydrogen (secondary N) is 3. The molecule has 1 atom stereocenters. The molecule has 24 heavy (non-hydrogen) atoms. The first kappa shape index (κ1) is 17.6. The molecule has 5 N–H and O–H groups in total. The minimum atomic E-state index is -0.732. The first-order chi connectivity index (χ1) is 11.6. The molecule has 0 aliphatic carbocycles. The third-order valence-electron chi connectivity index (χ3n) is 3.60. The molecule has 0 spiro atoms. The Morgan fingerprint density at radius 1 is 1.46 bits per heavy atom. The SMILES string of the molecule is C/N=C/c1cccc(NCCN)c1C(=O)NC1CCC(=O)NC1=O. The summed E-state index contributed by atoms with van der Waals surface area (Å²) in [6.45, 7) is 0.922. The van der Waals surface area contributed by atoms with Crippen molar-refractivity contribution in [1.29, 1.82) is 0 Å². The van der Waals surface area contributed by atoms with Crippen molar-refractivity contribution in [2.75, 3.05) is 25.5 Å². The Morgan fingerprint density at radius 2 is 2.25 bits per heavy atom. The van der Waals surface area contributed by atoms with Crippen molar-refractivity contribution in [3.05, 3.63) is 29.3 Å². The molecule has 8 nitrogen and oxygen atoms in total. The predicted molar refractivity (Wildman–Crippen MR) is 91.1 cm³/mol. The minimum absolute atomic E-state index is 0.201. The average Bonchev–Trinajstić information content (AvgIpc) is 2.55. The Balaban J connectivity index is 2.26. The van der Waals surface area contributed by atoms with Gasteiger partial charge in [-0.05, 0) is 12.5 Å². The number of carbonyl (C=O) groups is 3. The fourth-order valence-corrected chi connectivity index (χ4v) is 2.49. The van der Waals surface area contributed by atoms with Gasteiger partial charge in [0, 0.05) is 44.0 Å². The molecule has 0 saturated carbocycles. The van der Waals surface area contributed by atoms with E-state index >= 15 is 0 Å². The molecule has 128 valence electrons. The molecule has 8 heteroatoms. The number of hydrogen-bond donors (Lipinski definition) is 4. The van der Waals surface area contributed by atoms with Gasteiger partial charge in [-0.15, -0.1) is 0 Å². The molecule has 1 aliphatic rings. The van der Waals surface area contributed by atoms with Crippen molar-refractivity contribution >= 4 is 29.6 Å². The van der Waals surface area contributed by atoms with E-state index in [0.29, 0.717) is 29.9 Å². The molecule has 1 aromatic carbocycles. The summed E-state index contributed by atoms with van der Waals surface area (Å²) in [4.78, 5) is 39.7. The van der Waals surface area contributed by atoms with E-state index in [1.54, 1.807) is 31.5 Å². The normalized spacial score (nSPS) is 17.7. The van der Waals surface area contributed by atoms with Crippen molar-refractivity contribution in [2.24, 2.45) is 10.7 Å². The predicted octanol–water partition coefficient (Wildman–Crippen LogP) is -0.359. The van der Waals surface area contributed by atoms with Crippen LogP contribution in [0.25, 0.3) is 0 Å². The Labute approximate surface area is 139 Å². The van der Waals surface area contributed by atoms with Gasteiger partial charge in [-0.2, -0.15) is 0 Å². The van der Waals surface area contributed by atoms with Crippen molar-refractivity contribution in [1.82, 2.24) is 10.6 Å². The van der Waals surface area contributed by atoms with Crippen LogP contribution in [0.4, 0.5) is 5.69 Å². The second-order valence-electron chi connectivity index (χ2n) is 5.35. The van der Waals surface area contributed by atoms with Gasteiger partial charge in [0.15, 0.2) is 0 Å². The van der Waals surface area contributed by atoms with E-state index in [9.17, 15) is 14.4 Å². The number of anilines is 1. The molecule has 1 unspecified atom stereocenters. The Kier molecular flexibility index (Phi) is 6.02. The highest BCUT2D eigenvalue weighted by Gasteiger charge is 2.29. The maximum absolute atomic E-state index is 12.7. The van der Waals surface area contributed by atoms with E-state index < -0.39 is 17.9 Å². The highest BCUT2D eigenvalue weighted by molar-refractivity contribution is 6.09. The van der Waals surface area contributed by atoms with Gasteiger partial charge in [0.1, 0.15) is 6.04 Å². The Hall–Kier alpha value is -2.74. The summed E-state index contributed by atoms with van der Waals surface area (Å²) in [6.07, 6.45) is 2.06. The van der Waals surface area contributed by atoms with Gasteiger partial charge in [-0.1, -0.05) is 12.1 Å². The smallest absolute Gasteiger partial charge is 0.254 e. The van der Waals surface area contributed by atoms with Crippen LogP contribution in [-0.2, 0) is 9.59 Å². The summed E-state index contributed by atoms with van der Waals surface area (Å²) in [5.41, 5.74) is 7.14. The lowest BCUT2D eigenvalue weighted by Gasteiger charge is -2.23. The van der Waals surface area contributed by atoms with Gasteiger partial charge in [0.05, 0.1) is 5.56 Å². The number of hydrogen-bond acceptors (Lipinski definition) is 6. The molecular weight excluding hydrogens is 310 g/mol. The molecule has 0 aromatic heterocycles. The third kappa shape index (κ3) is 4.17. The van der Waals surface area contributed by atoms with E-state index in [1.165, 1.54) is 0 Å². The monoisotopic (exact) mass is 331 g/mol. The quantitative estimate of drug-likeness (QED) is 0.418. The summed E-state index contributed by atoms with van der Waals surface area (Å²) in [7, 11) is 1.61. The zero-order chi connectivity index (χ0) is 17.5.